The van der Waals surface area contributed by atoms with Crippen LogP contribution in [0.2, 0.25) is 0 Å². The lowest BCUT2D eigenvalue weighted by atomic mass is 10.2. The molecule has 7 heteroatoms. The summed E-state index contributed by atoms with van der Waals surface area (Å²) in [5, 5.41) is 14.7. The maximum atomic E-state index is 12.1. The topological polar surface area (TPSA) is 82.9 Å². The van der Waals surface area contributed by atoms with E-state index in [0.717, 1.165) is 10.7 Å². The van der Waals surface area contributed by atoms with E-state index in [-0.39, 0.29) is 10.6 Å². The standard InChI is InChI=1S/C14H15N3O2S2/c1-11-10-20-14(17-11)9-16-6-7-21(18,19)13-4-2-12(8-15)3-5-13/h2-5,10,16H,6-7,9H2,1H3. The van der Waals surface area contributed by atoms with Crippen molar-refractivity contribution in [2.75, 3.05) is 12.3 Å². The van der Waals surface area contributed by atoms with E-state index in [4.69, 9.17) is 5.26 Å². The first kappa shape index (κ1) is 15.6. The fourth-order valence-corrected chi connectivity index (χ4v) is 3.68. The van der Waals surface area contributed by atoms with Crippen LogP contribution in [0.4, 0.5) is 0 Å². The normalized spacial score (nSPS) is 11.2. The van der Waals surface area contributed by atoms with Crippen LogP contribution in [0.15, 0.2) is 34.5 Å². The van der Waals surface area contributed by atoms with Gasteiger partial charge in [-0.3, -0.25) is 0 Å². The van der Waals surface area contributed by atoms with Crippen LogP contribution in [0.5, 0.6) is 0 Å². The molecule has 1 N–H and O–H groups in total. The lowest BCUT2D eigenvalue weighted by molar-refractivity contribution is 0.590. The predicted octanol–water partition coefficient (Wildman–Crippen LogP) is 1.89. The van der Waals surface area contributed by atoms with Crippen molar-refractivity contribution in [3.05, 3.63) is 45.9 Å². The van der Waals surface area contributed by atoms with Crippen molar-refractivity contribution in [1.29, 1.82) is 5.26 Å². The average molecular weight is 321 g/mol. The fourth-order valence-electron chi connectivity index (χ4n) is 1.74. The highest BCUT2D eigenvalue weighted by Crippen LogP contribution is 2.12. The molecule has 0 saturated heterocycles. The van der Waals surface area contributed by atoms with Gasteiger partial charge in [0.25, 0.3) is 0 Å². The molecule has 0 saturated carbocycles. The van der Waals surface area contributed by atoms with Gasteiger partial charge in [-0.1, -0.05) is 0 Å². The Labute approximate surface area is 128 Å². The van der Waals surface area contributed by atoms with Gasteiger partial charge in [0.15, 0.2) is 9.84 Å². The third-order valence-corrected chi connectivity index (χ3v) is 5.53. The molecular weight excluding hydrogens is 306 g/mol. The van der Waals surface area contributed by atoms with E-state index in [1.165, 1.54) is 24.3 Å². The molecule has 0 unspecified atom stereocenters. The van der Waals surface area contributed by atoms with Crippen LogP contribution in [0.3, 0.4) is 0 Å². The zero-order valence-corrected chi connectivity index (χ0v) is 13.2. The quantitative estimate of drug-likeness (QED) is 0.822. The van der Waals surface area contributed by atoms with Gasteiger partial charge in [-0.25, -0.2) is 13.4 Å². The smallest absolute Gasteiger partial charge is 0.179 e. The molecule has 0 aliphatic heterocycles. The van der Waals surface area contributed by atoms with Crippen molar-refractivity contribution in [2.45, 2.75) is 18.4 Å². The van der Waals surface area contributed by atoms with E-state index < -0.39 is 9.84 Å². The highest BCUT2D eigenvalue weighted by Gasteiger charge is 2.13. The van der Waals surface area contributed by atoms with E-state index in [2.05, 4.69) is 10.3 Å². The molecule has 0 aliphatic rings. The number of rotatable bonds is 6. The first-order valence-electron chi connectivity index (χ1n) is 6.36. The second kappa shape index (κ2) is 6.80. The summed E-state index contributed by atoms with van der Waals surface area (Å²) in [4.78, 5) is 4.54. The van der Waals surface area contributed by atoms with Crippen molar-refractivity contribution < 1.29 is 8.42 Å². The van der Waals surface area contributed by atoms with Gasteiger partial charge >= 0.3 is 0 Å². The summed E-state index contributed by atoms with van der Waals surface area (Å²) >= 11 is 1.55. The molecule has 1 aromatic heterocycles. The monoisotopic (exact) mass is 321 g/mol. The number of thiazole rings is 1. The van der Waals surface area contributed by atoms with E-state index >= 15 is 0 Å². The molecule has 0 atom stereocenters. The van der Waals surface area contributed by atoms with Gasteiger partial charge in [0.05, 0.1) is 22.3 Å². The predicted molar refractivity (Wildman–Crippen MR) is 81.8 cm³/mol. The number of aryl methyl sites for hydroxylation is 1. The van der Waals surface area contributed by atoms with Crippen LogP contribution < -0.4 is 5.32 Å². The van der Waals surface area contributed by atoms with E-state index in [9.17, 15) is 8.42 Å². The van der Waals surface area contributed by atoms with Crippen molar-refractivity contribution in [2.24, 2.45) is 0 Å². The zero-order valence-electron chi connectivity index (χ0n) is 11.5. The minimum Gasteiger partial charge on any atom is -0.309 e. The van der Waals surface area contributed by atoms with Gasteiger partial charge in [0.2, 0.25) is 0 Å². The highest BCUT2D eigenvalue weighted by molar-refractivity contribution is 7.91. The average Bonchev–Trinajstić information content (AvgIpc) is 2.89. The molecule has 0 fully saturated rings. The molecule has 5 nitrogen and oxygen atoms in total. The first-order chi connectivity index (χ1) is 10.0. The summed E-state index contributed by atoms with van der Waals surface area (Å²) in [6, 6.07) is 7.93. The Morgan fingerprint density at radius 1 is 1.33 bits per heavy atom. The van der Waals surface area contributed by atoms with Gasteiger partial charge in [-0.05, 0) is 31.2 Å². The van der Waals surface area contributed by atoms with Gasteiger partial charge in [0, 0.05) is 24.2 Å². The number of sulfone groups is 1. The summed E-state index contributed by atoms with van der Waals surface area (Å²) in [5.41, 5.74) is 1.42. The first-order valence-corrected chi connectivity index (χ1v) is 8.89. The second-order valence-corrected chi connectivity index (χ2v) is 7.57. The Balaban J connectivity index is 1.87. The number of aromatic nitrogens is 1. The second-order valence-electron chi connectivity index (χ2n) is 4.51. The molecule has 0 spiro atoms. The summed E-state index contributed by atoms with van der Waals surface area (Å²) in [6.07, 6.45) is 0. The van der Waals surface area contributed by atoms with E-state index in [1.807, 2.05) is 18.4 Å². The number of nitrogens with zero attached hydrogens (tertiary/aromatic N) is 2. The SMILES string of the molecule is Cc1csc(CNCCS(=O)(=O)c2ccc(C#N)cc2)n1. The zero-order chi connectivity index (χ0) is 15.3. The molecule has 0 amide bonds. The Morgan fingerprint density at radius 2 is 2.05 bits per heavy atom. The summed E-state index contributed by atoms with van der Waals surface area (Å²) < 4.78 is 24.2. The molecular formula is C14H15N3O2S2. The summed E-state index contributed by atoms with van der Waals surface area (Å²) in [7, 11) is -3.32. The van der Waals surface area contributed by atoms with Crippen LogP contribution in [-0.4, -0.2) is 25.7 Å². The lowest BCUT2D eigenvalue weighted by Gasteiger charge is -2.05. The molecule has 0 radical (unpaired) electrons. The number of hydrogen-bond donors (Lipinski definition) is 1. The third-order valence-electron chi connectivity index (χ3n) is 2.83. The third kappa shape index (κ3) is 4.36. The number of benzene rings is 1. The molecule has 0 bridgehead atoms. The summed E-state index contributed by atoms with van der Waals surface area (Å²) in [6.45, 7) is 2.86. The van der Waals surface area contributed by atoms with Gasteiger partial charge in [-0.2, -0.15) is 5.26 Å². The van der Waals surface area contributed by atoms with Crippen molar-refractivity contribution >= 4 is 21.2 Å². The van der Waals surface area contributed by atoms with Gasteiger partial charge in [-0.15, -0.1) is 11.3 Å². The van der Waals surface area contributed by atoms with Gasteiger partial charge in [0.1, 0.15) is 5.01 Å². The van der Waals surface area contributed by atoms with E-state index in [0.29, 0.717) is 18.7 Å². The van der Waals surface area contributed by atoms with Crippen LogP contribution in [-0.2, 0) is 16.4 Å². The number of nitrogens with one attached hydrogen (secondary N) is 1. The highest BCUT2D eigenvalue weighted by atomic mass is 32.2. The number of nitriles is 1. The Morgan fingerprint density at radius 3 is 2.62 bits per heavy atom. The molecule has 0 aliphatic carbocycles. The molecule has 21 heavy (non-hydrogen) atoms. The molecule has 2 aromatic rings. The Hall–Kier alpha value is -1.75. The maximum Gasteiger partial charge on any atom is 0.179 e. The molecule has 1 heterocycles. The number of hydrogen-bond acceptors (Lipinski definition) is 6. The molecule has 2 rings (SSSR count). The van der Waals surface area contributed by atoms with Crippen LogP contribution in [0.25, 0.3) is 0 Å². The van der Waals surface area contributed by atoms with Crippen LogP contribution in [0, 0.1) is 18.3 Å². The molecule has 1 aromatic carbocycles. The Bertz CT molecular complexity index is 743. The van der Waals surface area contributed by atoms with E-state index in [1.54, 1.807) is 11.3 Å². The fraction of sp³-hybridized carbons (Fsp3) is 0.286. The maximum absolute atomic E-state index is 12.1. The largest absolute Gasteiger partial charge is 0.309 e. The summed E-state index contributed by atoms with van der Waals surface area (Å²) in [5.74, 6) is 0.0171. The van der Waals surface area contributed by atoms with Gasteiger partial charge < -0.3 is 5.32 Å². The van der Waals surface area contributed by atoms with Crippen molar-refractivity contribution in [3.63, 3.8) is 0 Å². The lowest BCUT2D eigenvalue weighted by Crippen LogP contribution is -2.22. The van der Waals surface area contributed by atoms with Crippen LogP contribution in [0.1, 0.15) is 16.3 Å². The van der Waals surface area contributed by atoms with Crippen molar-refractivity contribution in [1.82, 2.24) is 10.3 Å². The Kier molecular flexibility index (Phi) is 5.07. The molecule has 110 valence electrons. The minimum absolute atomic E-state index is 0.0171. The minimum atomic E-state index is -3.32. The van der Waals surface area contributed by atoms with Crippen molar-refractivity contribution in [3.8, 4) is 6.07 Å². The van der Waals surface area contributed by atoms with Crippen LogP contribution >= 0.6 is 11.3 Å².